The number of ether oxygens (including phenoxy) is 2. The van der Waals surface area contributed by atoms with Crippen LogP contribution in [0.1, 0.15) is 26.3 Å². The van der Waals surface area contributed by atoms with Crippen LogP contribution in [0, 0.1) is 5.92 Å². The van der Waals surface area contributed by atoms with Crippen molar-refractivity contribution in [2.45, 2.75) is 33.4 Å². The van der Waals surface area contributed by atoms with Crippen LogP contribution in [-0.4, -0.2) is 26.3 Å². The molecule has 0 amide bonds. The molecular weight excluding hydrogens is 226 g/mol. The Labute approximate surface area is 110 Å². The van der Waals surface area contributed by atoms with Crippen molar-refractivity contribution in [3.8, 4) is 5.75 Å². The molecule has 1 atom stereocenters. The molecule has 0 saturated carbocycles. The number of hydrogen-bond acceptors (Lipinski definition) is 3. The third-order valence-corrected chi connectivity index (χ3v) is 2.62. The standard InChI is InChI=1S/C15H25NO2/c1-12(2)16-9-13(3)10-18-15-7-5-6-14(8-15)11-17-4/h5-8,12-13,16H,9-11H2,1-4H3. The average Bonchev–Trinajstić information content (AvgIpc) is 2.35. The van der Waals surface area contributed by atoms with Crippen molar-refractivity contribution in [2.75, 3.05) is 20.3 Å². The predicted octanol–water partition coefficient (Wildman–Crippen LogP) is 2.85. The van der Waals surface area contributed by atoms with Crippen molar-refractivity contribution < 1.29 is 9.47 Å². The van der Waals surface area contributed by atoms with Gasteiger partial charge in [-0.2, -0.15) is 0 Å². The third kappa shape index (κ3) is 6.03. The van der Waals surface area contributed by atoms with Gasteiger partial charge in [0.25, 0.3) is 0 Å². The van der Waals surface area contributed by atoms with Crippen LogP contribution < -0.4 is 10.1 Å². The quantitative estimate of drug-likeness (QED) is 0.770. The minimum atomic E-state index is 0.499. The van der Waals surface area contributed by atoms with Gasteiger partial charge in [-0.1, -0.05) is 32.9 Å². The minimum absolute atomic E-state index is 0.499. The summed E-state index contributed by atoms with van der Waals surface area (Å²) < 4.78 is 10.9. The van der Waals surface area contributed by atoms with E-state index >= 15 is 0 Å². The summed E-state index contributed by atoms with van der Waals surface area (Å²) in [6, 6.07) is 8.59. The molecule has 0 heterocycles. The Morgan fingerprint density at radius 1 is 1.22 bits per heavy atom. The summed E-state index contributed by atoms with van der Waals surface area (Å²) in [6.07, 6.45) is 0. The second-order valence-electron chi connectivity index (χ2n) is 5.06. The number of nitrogens with one attached hydrogen (secondary N) is 1. The maximum atomic E-state index is 5.79. The predicted molar refractivity (Wildman–Crippen MR) is 75.0 cm³/mol. The van der Waals surface area contributed by atoms with Gasteiger partial charge in [0, 0.05) is 25.6 Å². The largest absolute Gasteiger partial charge is 0.493 e. The second kappa shape index (κ2) is 8.11. The lowest BCUT2D eigenvalue weighted by Crippen LogP contribution is -2.30. The van der Waals surface area contributed by atoms with Gasteiger partial charge in [0.05, 0.1) is 13.2 Å². The van der Waals surface area contributed by atoms with Crippen LogP contribution in [0.5, 0.6) is 5.75 Å². The van der Waals surface area contributed by atoms with Crippen molar-refractivity contribution in [1.29, 1.82) is 0 Å². The molecule has 1 aromatic rings. The molecule has 0 radical (unpaired) electrons. The lowest BCUT2D eigenvalue weighted by Gasteiger charge is -2.16. The van der Waals surface area contributed by atoms with E-state index in [2.05, 4.69) is 26.1 Å². The first-order chi connectivity index (χ1) is 8.61. The van der Waals surface area contributed by atoms with E-state index in [1.807, 2.05) is 24.3 Å². The van der Waals surface area contributed by atoms with Gasteiger partial charge in [-0.05, 0) is 17.7 Å². The fourth-order valence-corrected chi connectivity index (χ4v) is 1.63. The van der Waals surface area contributed by atoms with Crippen molar-refractivity contribution in [1.82, 2.24) is 5.32 Å². The maximum absolute atomic E-state index is 5.79. The van der Waals surface area contributed by atoms with Crippen LogP contribution in [-0.2, 0) is 11.3 Å². The SMILES string of the molecule is COCc1cccc(OCC(C)CNC(C)C)c1. The highest BCUT2D eigenvalue weighted by atomic mass is 16.5. The number of benzene rings is 1. The molecule has 1 N–H and O–H groups in total. The van der Waals surface area contributed by atoms with Crippen LogP contribution in [0.4, 0.5) is 0 Å². The molecule has 1 aromatic carbocycles. The molecule has 1 rings (SSSR count). The molecule has 18 heavy (non-hydrogen) atoms. The van der Waals surface area contributed by atoms with E-state index in [1.54, 1.807) is 7.11 Å². The van der Waals surface area contributed by atoms with Gasteiger partial charge in [-0.25, -0.2) is 0 Å². The molecule has 0 fully saturated rings. The first-order valence-electron chi connectivity index (χ1n) is 6.56. The molecule has 0 aliphatic heterocycles. The van der Waals surface area contributed by atoms with E-state index in [0.717, 1.165) is 24.5 Å². The zero-order valence-electron chi connectivity index (χ0n) is 11.9. The van der Waals surface area contributed by atoms with Gasteiger partial charge in [-0.15, -0.1) is 0 Å². The second-order valence-corrected chi connectivity index (χ2v) is 5.06. The number of rotatable bonds is 8. The molecule has 0 bridgehead atoms. The van der Waals surface area contributed by atoms with E-state index in [9.17, 15) is 0 Å². The Kier molecular flexibility index (Phi) is 6.76. The topological polar surface area (TPSA) is 30.5 Å². The third-order valence-electron chi connectivity index (χ3n) is 2.62. The summed E-state index contributed by atoms with van der Waals surface area (Å²) in [5, 5.41) is 3.41. The molecule has 102 valence electrons. The van der Waals surface area contributed by atoms with E-state index in [4.69, 9.17) is 9.47 Å². The molecule has 0 spiro atoms. The first-order valence-corrected chi connectivity index (χ1v) is 6.56. The lowest BCUT2D eigenvalue weighted by molar-refractivity contribution is 0.184. The first kappa shape index (κ1) is 15.0. The van der Waals surface area contributed by atoms with Gasteiger partial charge in [0.2, 0.25) is 0 Å². The van der Waals surface area contributed by atoms with E-state index in [1.165, 1.54) is 0 Å². The summed E-state index contributed by atoms with van der Waals surface area (Å²) >= 11 is 0. The monoisotopic (exact) mass is 251 g/mol. The Morgan fingerprint density at radius 3 is 2.67 bits per heavy atom. The zero-order valence-corrected chi connectivity index (χ0v) is 11.9. The summed E-state index contributed by atoms with van der Waals surface area (Å²) in [5.74, 6) is 1.42. The maximum Gasteiger partial charge on any atom is 0.119 e. The van der Waals surface area contributed by atoms with Gasteiger partial charge in [0.1, 0.15) is 5.75 Å². The van der Waals surface area contributed by atoms with Gasteiger partial charge >= 0.3 is 0 Å². The smallest absolute Gasteiger partial charge is 0.119 e. The molecule has 0 saturated heterocycles. The molecule has 3 nitrogen and oxygen atoms in total. The van der Waals surface area contributed by atoms with Crippen molar-refractivity contribution >= 4 is 0 Å². The van der Waals surface area contributed by atoms with Crippen molar-refractivity contribution in [2.24, 2.45) is 5.92 Å². The lowest BCUT2D eigenvalue weighted by atomic mass is 10.2. The van der Waals surface area contributed by atoms with E-state index in [-0.39, 0.29) is 0 Å². The minimum Gasteiger partial charge on any atom is -0.493 e. The fourth-order valence-electron chi connectivity index (χ4n) is 1.63. The zero-order chi connectivity index (χ0) is 13.4. The highest BCUT2D eigenvalue weighted by Crippen LogP contribution is 2.14. The molecule has 0 aliphatic rings. The Hall–Kier alpha value is -1.06. The molecular formula is C15H25NO2. The fraction of sp³-hybridized carbons (Fsp3) is 0.600. The van der Waals surface area contributed by atoms with Crippen LogP contribution in [0.15, 0.2) is 24.3 Å². The molecule has 3 heteroatoms. The molecule has 0 aliphatic carbocycles. The molecule has 0 aromatic heterocycles. The summed E-state index contributed by atoms with van der Waals surface area (Å²) in [4.78, 5) is 0. The summed E-state index contributed by atoms with van der Waals surface area (Å²) in [5.41, 5.74) is 1.14. The van der Waals surface area contributed by atoms with Crippen LogP contribution >= 0.6 is 0 Å². The Bertz CT molecular complexity index is 339. The van der Waals surface area contributed by atoms with Crippen LogP contribution in [0.25, 0.3) is 0 Å². The Morgan fingerprint density at radius 2 is 2.00 bits per heavy atom. The van der Waals surface area contributed by atoms with Crippen molar-refractivity contribution in [3.05, 3.63) is 29.8 Å². The van der Waals surface area contributed by atoms with Gasteiger partial charge in [-0.3, -0.25) is 0 Å². The normalized spacial score (nSPS) is 12.7. The Balaban J connectivity index is 2.35. The van der Waals surface area contributed by atoms with E-state index < -0.39 is 0 Å². The van der Waals surface area contributed by atoms with Gasteiger partial charge < -0.3 is 14.8 Å². The highest BCUT2D eigenvalue weighted by Gasteiger charge is 2.04. The summed E-state index contributed by atoms with van der Waals surface area (Å²) in [7, 11) is 1.70. The number of hydrogen-bond donors (Lipinski definition) is 1. The number of methoxy groups -OCH3 is 1. The van der Waals surface area contributed by atoms with Crippen LogP contribution in [0.2, 0.25) is 0 Å². The average molecular weight is 251 g/mol. The highest BCUT2D eigenvalue weighted by molar-refractivity contribution is 5.28. The van der Waals surface area contributed by atoms with E-state index in [0.29, 0.717) is 18.6 Å². The molecule has 1 unspecified atom stereocenters. The van der Waals surface area contributed by atoms with Gasteiger partial charge in [0.15, 0.2) is 0 Å². The van der Waals surface area contributed by atoms with Crippen molar-refractivity contribution in [3.63, 3.8) is 0 Å². The van der Waals surface area contributed by atoms with Crippen LogP contribution in [0.3, 0.4) is 0 Å². The summed E-state index contributed by atoms with van der Waals surface area (Å²) in [6.45, 7) is 8.84.